The van der Waals surface area contributed by atoms with Gasteiger partial charge in [0.05, 0.1) is 0 Å². The van der Waals surface area contributed by atoms with Crippen LogP contribution in [0.3, 0.4) is 0 Å². The Labute approximate surface area is 145 Å². The molecule has 5 nitrogen and oxygen atoms in total. The van der Waals surface area contributed by atoms with Gasteiger partial charge in [0, 0.05) is 25.9 Å². The van der Waals surface area contributed by atoms with Crippen LogP contribution in [0.25, 0.3) is 0 Å². The molecule has 0 aromatic rings. The first-order valence-corrected chi connectivity index (χ1v) is 8.89. The number of hydrogen-bond acceptors (Lipinski definition) is 5. The van der Waals surface area contributed by atoms with Crippen molar-refractivity contribution in [1.82, 2.24) is 19.6 Å². The van der Waals surface area contributed by atoms with E-state index in [0.29, 0.717) is 0 Å². The summed E-state index contributed by atoms with van der Waals surface area (Å²) < 4.78 is 6.95. The molecule has 0 aliphatic carbocycles. The highest BCUT2D eigenvalue weighted by molar-refractivity contribution is 4.86. The second-order valence-corrected chi connectivity index (χ2v) is 7.60. The van der Waals surface area contributed by atoms with Gasteiger partial charge >= 0.3 is 0 Å². The van der Waals surface area contributed by atoms with E-state index in [1.165, 1.54) is 0 Å². The molecule has 0 saturated carbocycles. The van der Waals surface area contributed by atoms with Crippen LogP contribution < -0.4 is 0 Å². The topological polar surface area (TPSA) is 22.2 Å². The van der Waals surface area contributed by atoms with Gasteiger partial charge in [-0.2, -0.15) is 0 Å². The molecule has 0 heterocycles. The Balaban J connectivity index is 5.48. The lowest BCUT2D eigenvalue weighted by Gasteiger charge is -2.50. The lowest BCUT2D eigenvalue weighted by molar-refractivity contribution is -0.271. The molecule has 0 bridgehead atoms. The molecule has 0 rings (SSSR count). The lowest BCUT2D eigenvalue weighted by atomic mass is 9.99. The van der Waals surface area contributed by atoms with E-state index >= 15 is 0 Å². The fourth-order valence-corrected chi connectivity index (χ4v) is 3.01. The molecule has 0 aromatic carbocycles. The zero-order valence-electron chi connectivity index (χ0n) is 17.4. The van der Waals surface area contributed by atoms with Crippen LogP contribution in [0.15, 0.2) is 0 Å². The number of ether oxygens (including phenoxy) is 1. The average molecular weight is 331 g/mol. The van der Waals surface area contributed by atoms with Gasteiger partial charge in [0.2, 0.25) is 0 Å². The molecular weight excluding hydrogens is 288 g/mol. The molecule has 0 N–H and O–H groups in total. The molecule has 0 aromatic heterocycles. The Hall–Kier alpha value is -0.200. The van der Waals surface area contributed by atoms with E-state index in [1.807, 2.05) is 0 Å². The zero-order valence-corrected chi connectivity index (χ0v) is 17.4. The van der Waals surface area contributed by atoms with Gasteiger partial charge < -0.3 is 14.5 Å². The van der Waals surface area contributed by atoms with Crippen molar-refractivity contribution >= 4 is 0 Å². The van der Waals surface area contributed by atoms with Crippen molar-refractivity contribution in [2.75, 3.05) is 69.5 Å². The van der Waals surface area contributed by atoms with E-state index in [1.54, 1.807) is 0 Å². The minimum Gasteiger partial charge on any atom is -0.339 e. The van der Waals surface area contributed by atoms with E-state index < -0.39 is 0 Å². The second-order valence-electron chi connectivity index (χ2n) is 7.60. The molecule has 0 amide bonds. The molecule has 140 valence electrons. The van der Waals surface area contributed by atoms with E-state index in [-0.39, 0.29) is 11.4 Å². The van der Waals surface area contributed by atoms with Gasteiger partial charge in [0.1, 0.15) is 11.4 Å². The summed E-state index contributed by atoms with van der Waals surface area (Å²) in [5, 5.41) is 0. The third kappa shape index (κ3) is 6.67. The maximum Gasteiger partial charge on any atom is 0.124 e. The predicted octanol–water partition coefficient (Wildman–Crippen LogP) is 2.24. The van der Waals surface area contributed by atoms with Crippen LogP contribution in [-0.4, -0.2) is 101 Å². The van der Waals surface area contributed by atoms with Gasteiger partial charge in [-0.3, -0.25) is 9.80 Å². The van der Waals surface area contributed by atoms with E-state index in [9.17, 15) is 0 Å². The fourth-order valence-electron chi connectivity index (χ4n) is 3.01. The Kier molecular flexibility index (Phi) is 9.86. The average Bonchev–Trinajstić information content (AvgIpc) is 2.46. The molecule has 0 spiro atoms. The Morgan fingerprint density at radius 1 is 0.609 bits per heavy atom. The van der Waals surface area contributed by atoms with Gasteiger partial charge in [-0.1, -0.05) is 13.8 Å². The number of hydrogen-bond donors (Lipinski definition) is 0. The fraction of sp³-hybridized carbons (Fsp3) is 1.00. The minimum atomic E-state index is -0.239. The SMILES string of the molecule is CCC(CCN(C)C)(OC(CC)(CCN(C)C)N(C)C)N(C)C. The third-order valence-electron chi connectivity index (χ3n) is 5.01. The van der Waals surface area contributed by atoms with Crippen LogP contribution in [0.1, 0.15) is 39.5 Å². The van der Waals surface area contributed by atoms with Crippen molar-refractivity contribution in [3.05, 3.63) is 0 Å². The highest BCUT2D eigenvalue weighted by atomic mass is 16.6. The maximum atomic E-state index is 6.95. The van der Waals surface area contributed by atoms with Crippen molar-refractivity contribution in [3.8, 4) is 0 Å². The Morgan fingerprint density at radius 3 is 1.09 bits per heavy atom. The molecule has 0 fully saturated rings. The van der Waals surface area contributed by atoms with Gasteiger partial charge in [-0.25, -0.2) is 0 Å². The van der Waals surface area contributed by atoms with Crippen LogP contribution in [0.4, 0.5) is 0 Å². The lowest BCUT2D eigenvalue weighted by Crippen LogP contribution is -2.59. The summed E-state index contributed by atoms with van der Waals surface area (Å²) in [4.78, 5) is 9.00. The van der Waals surface area contributed by atoms with Gasteiger partial charge in [0.25, 0.3) is 0 Å². The first-order chi connectivity index (χ1) is 10.5. The molecule has 0 aliphatic heterocycles. The van der Waals surface area contributed by atoms with Crippen molar-refractivity contribution in [1.29, 1.82) is 0 Å². The molecule has 23 heavy (non-hydrogen) atoms. The standard InChI is InChI=1S/C18H42N4O/c1-11-17(21(7)8,13-15-19(3)4)23-18(12-2,22(9)10)14-16-20(5)6/h11-16H2,1-10H3. The van der Waals surface area contributed by atoms with E-state index in [4.69, 9.17) is 4.74 Å². The summed E-state index contributed by atoms with van der Waals surface area (Å²) >= 11 is 0. The largest absolute Gasteiger partial charge is 0.339 e. The Morgan fingerprint density at radius 2 is 0.913 bits per heavy atom. The summed E-state index contributed by atoms with van der Waals surface area (Å²) in [7, 11) is 17.1. The predicted molar refractivity (Wildman–Crippen MR) is 101 cm³/mol. The molecule has 5 heteroatoms. The van der Waals surface area contributed by atoms with Crippen molar-refractivity contribution in [2.24, 2.45) is 0 Å². The first-order valence-electron chi connectivity index (χ1n) is 8.89. The van der Waals surface area contributed by atoms with E-state index in [2.05, 4.69) is 89.8 Å². The van der Waals surface area contributed by atoms with Crippen LogP contribution in [-0.2, 0) is 4.74 Å². The normalized spacial score (nSPS) is 18.0. The van der Waals surface area contributed by atoms with Crippen molar-refractivity contribution in [3.63, 3.8) is 0 Å². The maximum absolute atomic E-state index is 6.95. The van der Waals surface area contributed by atoms with Crippen LogP contribution >= 0.6 is 0 Å². The summed E-state index contributed by atoms with van der Waals surface area (Å²) in [5.41, 5.74) is -0.478. The molecule has 0 saturated heterocycles. The van der Waals surface area contributed by atoms with Crippen molar-refractivity contribution < 1.29 is 4.74 Å². The van der Waals surface area contributed by atoms with Crippen LogP contribution in [0.5, 0.6) is 0 Å². The monoisotopic (exact) mass is 330 g/mol. The van der Waals surface area contributed by atoms with Crippen LogP contribution in [0.2, 0.25) is 0 Å². The number of rotatable bonds is 12. The second kappa shape index (κ2) is 9.94. The quantitative estimate of drug-likeness (QED) is 0.511. The highest BCUT2D eigenvalue weighted by Gasteiger charge is 2.42. The molecule has 0 radical (unpaired) electrons. The molecular formula is C18H42N4O. The zero-order chi connectivity index (χ0) is 18.3. The number of nitrogens with zero attached hydrogens (tertiary/aromatic N) is 4. The summed E-state index contributed by atoms with van der Waals surface area (Å²) in [5.74, 6) is 0. The summed E-state index contributed by atoms with van der Waals surface area (Å²) in [6.07, 6.45) is 3.96. The van der Waals surface area contributed by atoms with Gasteiger partial charge in [-0.05, 0) is 69.2 Å². The highest BCUT2D eigenvalue weighted by Crippen LogP contribution is 2.34. The smallest absolute Gasteiger partial charge is 0.124 e. The molecule has 0 aliphatic rings. The van der Waals surface area contributed by atoms with Gasteiger partial charge in [0.15, 0.2) is 0 Å². The summed E-state index contributed by atoms with van der Waals surface area (Å²) in [6.45, 7) is 6.51. The van der Waals surface area contributed by atoms with Gasteiger partial charge in [-0.15, -0.1) is 0 Å². The Bertz CT molecular complexity index is 290. The molecule has 2 unspecified atom stereocenters. The van der Waals surface area contributed by atoms with Crippen molar-refractivity contribution in [2.45, 2.75) is 51.0 Å². The minimum absolute atomic E-state index is 0.239. The third-order valence-corrected chi connectivity index (χ3v) is 5.01. The molecule has 2 atom stereocenters. The van der Waals surface area contributed by atoms with E-state index in [0.717, 1.165) is 38.8 Å². The summed E-state index contributed by atoms with van der Waals surface area (Å²) in [6, 6.07) is 0. The van der Waals surface area contributed by atoms with Crippen LogP contribution in [0, 0.1) is 0 Å². The first kappa shape index (κ1) is 22.8.